The van der Waals surface area contributed by atoms with Crippen LogP contribution in [0.15, 0.2) is 12.2 Å². The minimum absolute atomic E-state index is 0.617. The molecule has 0 amide bonds. The first-order valence-corrected chi connectivity index (χ1v) is 3.60. The highest BCUT2D eigenvalue weighted by molar-refractivity contribution is 6.20. The van der Waals surface area contributed by atoms with Gasteiger partial charge in [-0.15, -0.1) is 0 Å². The maximum absolute atomic E-state index is 10.7. The summed E-state index contributed by atoms with van der Waals surface area (Å²) in [5.41, 5.74) is -0.709. The van der Waals surface area contributed by atoms with Gasteiger partial charge in [0.1, 0.15) is 0 Å². The first-order valence-electron chi connectivity index (χ1n) is 3.17. The molecular weight excluding hydrogens is 184 g/mol. The summed E-state index contributed by atoms with van der Waals surface area (Å²) in [6.45, 7) is 1.49. The van der Waals surface area contributed by atoms with E-state index in [4.69, 9.17) is 11.6 Å². The molecule has 0 heterocycles. The number of hydrogen-bond donors (Lipinski definition) is 0. The van der Waals surface area contributed by atoms with Crippen LogP contribution < -0.4 is 0 Å². The topological polar surface area (TPSA) is 52.6 Å². The Bertz CT molecular complexity index is 198. The number of alkyl halides is 1. The Hall–Kier alpha value is -1.03. The van der Waals surface area contributed by atoms with Gasteiger partial charge in [-0.05, 0) is 6.92 Å². The van der Waals surface area contributed by atoms with Gasteiger partial charge in [-0.3, -0.25) is 0 Å². The zero-order valence-corrected chi connectivity index (χ0v) is 7.50. The molecule has 0 aliphatic heterocycles. The molecule has 0 aliphatic carbocycles. The average molecular weight is 193 g/mol. The van der Waals surface area contributed by atoms with Crippen molar-refractivity contribution in [3.63, 3.8) is 0 Å². The van der Waals surface area contributed by atoms with Crippen molar-refractivity contribution >= 4 is 23.5 Å². The first-order chi connectivity index (χ1) is 5.56. The highest BCUT2D eigenvalue weighted by Gasteiger charge is 2.02. The summed E-state index contributed by atoms with van der Waals surface area (Å²) < 4.78 is 8.72. The minimum Gasteiger partial charge on any atom is -0.466 e. The number of esters is 2. The van der Waals surface area contributed by atoms with E-state index in [9.17, 15) is 9.59 Å². The second-order valence-electron chi connectivity index (χ2n) is 1.84. The lowest BCUT2D eigenvalue weighted by Crippen LogP contribution is -2.07. The van der Waals surface area contributed by atoms with Gasteiger partial charge in [0.05, 0.1) is 7.11 Å². The lowest BCUT2D eigenvalue weighted by molar-refractivity contribution is -0.140. The maximum atomic E-state index is 10.7. The Morgan fingerprint density at radius 2 is 1.83 bits per heavy atom. The van der Waals surface area contributed by atoms with Crippen molar-refractivity contribution in [3.05, 3.63) is 12.2 Å². The summed E-state index contributed by atoms with van der Waals surface area (Å²) in [6, 6.07) is 0. The molecule has 0 unspecified atom stereocenters. The fourth-order valence-electron chi connectivity index (χ4n) is 0.403. The molecule has 0 aromatic rings. The maximum Gasteiger partial charge on any atom is 0.332 e. The van der Waals surface area contributed by atoms with Crippen LogP contribution in [-0.4, -0.2) is 24.6 Å². The van der Waals surface area contributed by atoms with Crippen LogP contribution in [0.3, 0.4) is 0 Å². The van der Waals surface area contributed by atoms with E-state index >= 15 is 0 Å². The molecule has 0 N–H and O–H groups in total. The van der Waals surface area contributed by atoms with Gasteiger partial charge in [-0.2, -0.15) is 0 Å². The minimum atomic E-state index is -0.709. The van der Waals surface area contributed by atoms with E-state index in [1.54, 1.807) is 0 Å². The van der Waals surface area contributed by atoms with Gasteiger partial charge in [0.25, 0.3) is 0 Å². The van der Waals surface area contributed by atoms with Crippen LogP contribution in [0.4, 0.5) is 0 Å². The van der Waals surface area contributed by atoms with E-state index in [2.05, 4.69) is 9.47 Å². The summed E-state index contributed by atoms with van der Waals surface area (Å²) in [5, 5.41) is 0. The highest BCUT2D eigenvalue weighted by atomic mass is 35.5. The molecule has 0 aromatic carbocycles. The number of methoxy groups -OCH3 is 1. The number of hydrogen-bond acceptors (Lipinski definition) is 4. The van der Waals surface area contributed by atoms with Crippen molar-refractivity contribution in [1.82, 2.24) is 0 Å². The van der Waals surface area contributed by atoms with Crippen LogP contribution >= 0.6 is 11.6 Å². The van der Waals surface area contributed by atoms with E-state index < -0.39 is 17.5 Å². The molecule has 5 heteroatoms. The molecule has 0 fully saturated rings. The third-order valence-corrected chi connectivity index (χ3v) is 0.924. The van der Waals surface area contributed by atoms with Gasteiger partial charge in [0.15, 0.2) is 5.56 Å². The third-order valence-electron chi connectivity index (χ3n) is 0.835. The van der Waals surface area contributed by atoms with E-state index in [1.807, 2.05) is 0 Å². The fraction of sp³-hybridized carbons (Fsp3) is 0.429. The van der Waals surface area contributed by atoms with Crippen LogP contribution in [0.1, 0.15) is 6.92 Å². The average Bonchev–Trinajstić information content (AvgIpc) is 1.99. The van der Waals surface area contributed by atoms with Crippen molar-refractivity contribution in [2.45, 2.75) is 12.5 Å². The van der Waals surface area contributed by atoms with Gasteiger partial charge >= 0.3 is 11.9 Å². The van der Waals surface area contributed by atoms with Crippen molar-refractivity contribution in [1.29, 1.82) is 0 Å². The van der Waals surface area contributed by atoms with Crippen molar-refractivity contribution in [2.75, 3.05) is 7.11 Å². The van der Waals surface area contributed by atoms with E-state index in [1.165, 1.54) is 14.0 Å². The Balaban J connectivity index is 3.83. The Labute approximate surface area is 75.1 Å². The second-order valence-corrected chi connectivity index (χ2v) is 2.45. The zero-order valence-electron chi connectivity index (χ0n) is 6.74. The van der Waals surface area contributed by atoms with Gasteiger partial charge < -0.3 is 9.47 Å². The summed E-state index contributed by atoms with van der Waals surface area (Å²) in [6.07, 6.45) is 1.91. The van der Waals surface area contributed by atoms with Crippen LogP contribution in [0.2, 0.25) is 0 Å². The molecule has 4 nitrogen and oxygen atoms in total. The number of rotatable bonds is 3. The van der Waals surface area contributed by atoms with E-state index in [-0.39, 0.29) is 0 Å². The Morgan fingerprint density at radius 1 is 1.33 bits per heavy atom. The Kier molecular flexibility index (Phi) is 5.12. The number of ether oxygens (including phenoxy) is 2. The molecule has 0 spiro atoms. The SMILES string of the molecule is COC(=O)/C=C/C(=O)O[C@@H](C)Cl. The normalized spacial score (nSPS) is 12.6. The van der Waals surface area contributed by atoms with E-state index in [0.717, 1.165) is 12.2 Å². The largest absolute Gasteiger partial charge is 0.466 e. The summed E-state index contributed by atoms with van der Waals surface area (Å²) in [5.74, 6) is -1.29. The smallest absolute Gasteiger partial charge is 0.332 e. The molecule has 0 aliphatic rings. The molecule has 0 rings (SSSR count). The van der Waals surface area contributed by atoms with Crippen molar-refractivity contribution in [3.8, 4) is 0 Å². The number of carbonyl (C=O) groups excluding carboxylic acids is 2. The Morgan fingerprint density at radius 3 is 2.25 bits per heavy atom. The van der Waals surface area contributed by atoms with Gasteiger partial charge in [0.2, 0.25) is 0 Å². The summed E-state index contributed by atoms with van der Waals surface area (Å²) in [7, 11) is 1.21. The van der Waals surface area contributed by atoms with Crippen LogP contribution in [0, 0.1) is 0 Å². The van der Waals surface area contributed by atoms with Gasteiger partial charge in [-0.25, -0.2) is 9.59 Å². The summed E-state index contributed by atoms with van der Waals surface area (Å²) >= 11 is 5.33. The van der Waals surface area contributed by atoms with Gasteiger partial charge in [-0.1, -0.05) is 11.6 Å². The zero-order chi connectivity index (χ0) is 9.56. The molecule has 0 radical (unpaired) electrons. The van der Waals surface area contributed by atoms with Crippen LogP contribution in [-0.2, 0) is 19.1 Å². The third kappa shape index (κ3) is 5.73. The molecule has 0 aromatic heterocycles. The van der Waals surface area contributed by atoms with E-state index in [0.29, 0.717) is 0 Å². The molecule has 1 atom stereocenters. The number of halogens is 1. The quantitative estimate of drug-likeness (QED) is 0.378. The predicted octanol–water partition coefficient (Wildman–Crippen LogP) is 0.844. The standard InChI is InChI=1S/C7H9ClO4/c1-5(8)12-7(10)4-3-6(9)11-2/h3-5H,1-2H3/b4-3+/t5-/m0/s1. The van der Waals surface area contributed by atoms with Crippen LogP contribution in [0.5, 0.6) is 0 Å². The summed E-state index contributed by atoms with van der Waals surface area (Å²) in [4.78, 5) is 21.1. The predicted molar refractivity (Wildman–Crippen MR) is 42.6 cm³/mol. The second kappa shape index (κ2) is 5.60. The lowest BCUT2D eigenvalue weighted by Gasteiger charge is -2.01. The van der Waals surface area contributed by atoms with Gasteiger partial charge in [0, 0.05) is 12.2 Å². The highest BCUT2D eigenvalue weighted by Crippen LogP contribution is 1.96. The molecule has 0 bridgehead atoms. The fourth-order valence-corrected chi connectivity index (χ4v) is 0.491. The number of carbonyl (C=O) groups is 2. The lowest BCUT2D eigenvalue weighted by atomic mass is 10.5. The molecule has 0 saturated heterocycles. The molecular formula is C7H9ClO4. The van der Waals surface area contributed by atoms with Crippen molar-refractivity contribution < 1.29 is 19.1 Å². The van der Waals surface area contributed by atoms with Crippen LogP contribution in [0.25, 0.3) is 0 Å². The first kappa shape index (κ1) is 11.0. The van der Waals surface area contributed by atoms with Crippen molar-refractivity contribution in [2.24, 2.45) is 0 Å². The molecule has 68 valence electrons. The molecule has 0 saturated carbocycles. The molecule has 12 heavy (non-hydrogen) atoms. The monoisotopic (exact) mass is 192 g/mol.